The molecule has 0 amide bonds. The van der Waals surface area contributed by atoms with E-state index >= 15 is 0 Å². The zero-order valence-electron chi connectivity index (χ0n) is 9.44. The summed E-state index contributed by atoms with van der Waals surface area (Å²) in [6.07, 6.45) is 0. The van der Waals surface area contributed by atoms with Gasteiger partial charge in [-0.25, -0.2) is 0 Å². The van der Waals surface area contributed by atoms with E-state index < -0.39 is 16.9 Å². The fourth-order valence-corrected chi connectivity index (χ4v) is 1.80. The van der Waals surface area contributed by atoms with Crippen molar-refractivity contribution in [3.05, 3.63) is 28.0 Å². The van der Waals surface area contributed by atoms with Crippen LogP contribution in [0.15, 0.2) is 16.5 Å². The Hall–Kier alpha value is -1.93. The van der Waals surface area contributed by atoms with Crippen LogP contribution in [0.2, 0.25) is 0 Å². The second-order valence-corrected chi connectivity index (χ2v) is 3.90. The van der Waals surface area contributed by atoms with Crippen molar-refractivity contribution >= 4 is 11.9 Å². The predicted molar refractivity (Wildman–Crippen MR) is 58.0 cm³/mol. The van der Waals surface area contributed by atoms with Gasteiger partial charge in [-0.05, 0) is 6.07 Å². The number of ether oxygens (including phenoxy) is 1. The number of nitrogens with zero attached hydrogens (tertiary/aromatic N) is 2. The molecule has 1 aliphatic rings. The molecule has 8 nitrogen and oxygen atoms in total. The summed E-state index contributed by atoms with van der Waals surface area (Å²) in [5, 5.41) is 19.5. The van der Waals surface area contributed by atoms with Crippen LogP contribution in [0, 0.1) is 10.1 Å². The van der Waals surface area contributed by atoms with Gasteiger partial charge in [0.05, 0.1) is 25.8 Å². The number of hydrogen-bond acceptors (Lipinski definition) is 6. The predicted octanol–water partition coefficient (Wildman–Crippen LogP) is 0.473. The van der Waals surface area contributed by atoms with E-state index in [1.807, 2.05) is 0 Å². The lowest BCUT2D eigenvalue weighted by molar-refractivity contribution is -0.402. The molecule has 0 bridgehead atoms. The van der Waals surface area contributed by atoms with Crippen molar-refractivity contribution in [3.8, 4) is 0 Å². The van der Waals surface area contributed by atoms with Crippen LogP contribution < -0.4 is 0 Å². The molecule has 2 heterocycles. The number of hydrogen-bond donors (Lipinski definition) is 1. The maximum atomic E-state index is 11.0. The van der Waals surface area contributed by atoms with Crippen molar-refractivity contribution in [2.24, 2.45) is 0 Å². The van der Waals surface area contributed by atoms with Crippen LogP contribution >= 0.6 is 0 Å². The van der Waals surface area contributed by atoms with Crippen molar-refractivity contribution in [2.45, 2.75) is 12.6 Å². The van der Waals surface area contributed by atoms with E-state index in [2.05, 4.69) is 0 Å². The molecule has 1 fully saturated rings. The Morgan fingerprint density at radius 2 is 2.39 bits per heavy atom. The number of carboxylic acid groups (broad SMARTS) is 1. The van der Waals surface area contributed by atoms with Crippen LogP contribution in [0.3, 0.4) is 0 Å². The van der Waals surface area contributed by atoms with Gasteiger partial charge in [0.1, 0.15) is 16.7 Å². The molecule has 1 aromatic rings. The first-order valence-electron chi connectivity index (χ1n) is 5.35. The van der Waals surface area contributed by atoms with E-state index in [9.17, 15) is 14.9 Å². The van der Waals surface area contributed by atoms with Crippen LogP contribution in [0.1, 0.15) is 5.76 Å². The second kappa shape index (κ2) is 5.15. The molecule has 1 saturated heterocycles. The SMILES string of the molecule is O=C(O)C1COCCN1Cc1ccc([N+](=O)[O-])o1. The van der Waals surface area contributed by atoms with Gasteiger partial charge >= 0.3 is 11.9 Å². The quantitative estimate of drug-likeness (QED) is 0.616. The molecular weight excluding hydrogens is 244 g/mol. The molecule has 1 aromatic heterocycles. The molecule has 0 saturated carbocycles. The van der Waals surface area contributed by atoms with Gasteiger partial charge in [-0.1, -0.05) is 0 Å². The van der Waals surface area contributed by atoms with Gasteiger partial charge in [-0.3, -0.25) is 19.8 Å². The van der Waals surface area contributed by atoms with Gasteiger partial charge in [0.25, 0.3) is 0 Å². The molecule has 0 aliphatic carbocycles. The van der Waals surface area contributed by atoms with Crippen LogP contribution in [-0.4, -0.2) is 46.7 Å². The fraction of sp³-hybridized carbons (Fsp3) is 0.500. The van der Waals surface area contributed by atoms with Gasteiger partial charge in [0.15, 0.2) is 0 Å². The summed E-state index contributed by atoms with van der Waals surface area (Å²) in [4.78, 5) is 22.5. The molecule has 18 heavy (non-hydrogen) atoms. The van der Waals surface area contributed by atoms with Gasteiger partial charge < -0.3 is 14.3 Å². The maximum Gasteiger partial charge on any atom is 0.433 e. The second-order valence-electron chi connectivity index (χ2n) is 3.90. The highest BCUT2D eigenvalue weighted by atomic mass is 16.6. The average Bonchev–Trinajstić information content (AvgIpc) is 2.78. The van der Waals surface area contributed by atoms with Crippen molar-refractivity contribution < 1.29 is 24.0 Å². The zero-order valence-corrected chi connectivity index (χ0v) is 9.44. The summed E-state index contributed by atoms with van der Waals surface area (Å²) >= 11 is 0. The summed E-state index contributed by atoms with van der Waals surface area (Å²) in [7, 11) is 0. The van der Waals surface area contributed by atoms with Crippen molar-refractivity contribution in [1.29, 1.82) is 0 Å². The Labute approximate surface area is 102 Å². The van der Waals surface area contributed by atoms with Gasteiger partial charge in [0.2, 0.25) is 0 Å². The molecule has 1 N–H and O–H groups in total. The number of furan rings is 1. The summed E-state index contributed by atoms with van der Waals surface area (Å²) in [6, 6.07) is 1.99. The van der Waals surface area contributed by atoms with Crippen molar-refractivity contribution in [3.63, 3.8) is 0 Å². The van der Waals surface area contributed by atoms with Crippen LogP contribution in [-0.2, 0) is 16.1 Å². The van der Waals surface area contributed by atoms with E-state index in [-0.39, 0.29) is 19.0 Å². The molecule has 1 aliphatic heterocycles. The van der Waals surface area contributed by atoms with Crippen LogP contribution in [0.5, 0.6) is 0 Å². The molecule has 2 rings (SSSR count). The third-order valence-electron chi connectivity index (χ3n) is 2.71. The monoisotopic (exact) mass is 256 g/mol. The Bertz CT molecular complexity index is 457. The summed E-state index contributed by atoms with van der Waals surface area (Å²) in [5.74, 6) is -0.948. The Kier molecular flexibility index (Phi) is 3.58. The number of nitro groups is 1. The Morgan fingerprint density at radius 3 is 3.00 bits per heavy atom. The lowest BCUT2D eigenvalue weighted by Crippen LogP contribution is -2.49. The normalized spacial score (nSPS) is 20.8. The van der Waals surface area contributed by atoms with E-state index in [1.54, 1.807) is 4.90 Å². The molecule has 1 unspecified atom stereocenters. The molecule has 0 aromatic carbocycles. The average molecular weight is 256 g/mol. The maximum absolute atomic E-state index is 11.0. The smallest absolute Gasteiger partial charge is 0.433 e. The molecule has 98 valence electrons. The first kappa shape index (κ1) is 12.5. The largest absolute Gasteiger partial charge is 0.480 e. The fourth-order valence-electron chi connectivity index (χ4n) is 1.80. The Balaban J connectivity index is 2.06. The van der Waals surface area contributed by atoms with Gasteiger partial charge in [-0.2, -0.15) is 0 Å². The van der Waals surface area contributed by atoms with Crippen LogP contribution in [0.4, 0.5) is 5.88 Å². The Morgan fingerprint density at radius 1 is 1.61 bits per heavy atom. The minimum absolute atomic E-state index is 0.109. The van der Waals surface area contributed by atoms with Gasteiger partial charge in [-0.15, -0.1) is 0 Å². The van der Waals surface area contributed by atoms with Crippen molar-refractivity contribution in [2.75, 3.05) is 19.8 Å². The van der Waals surface area contributed by atoms with Crippen molar-refractivity contribution in [1.82, 2.24) is 4.90 Å². The minimum atomic E-state index is -0.976. The molecule has 1 atom stereocenters. The summed E-state index contributed by atoms with van der Waals surface area (Å²) in [5.41, 5.74) is 0. The van der Waals surface area contributed by atoms with Gasteiger partial charge in [0, 0.05) is 6.54 Å². The molecule has 8 heteroatoms. The lowest BCUT2D eigenvalue weighted by atomic mass is 10.2. The van der Waals surface area contributed by atoms with E-state index in [1.165, 1.54) is 12.1 Å². The number of aliphatic carboxylic acids is 1. The topological polar surface area (TPSA) is 106 Å². The first-order valence-corrected chi connectivity index (χ1v) is 5.35. The highest BCUT2D eigenvalue weighted by molar-refractivity contribution is 5.73. The number of carboxylic acids is 1. The van der Waals surface area contributed by atoms with E-state index in [0.29, 0.717) is 18.9 Å². The molecule has 0 spiro atoms. The zero-order chi connectivity index (χ0) is 13.1. The highest BCUT2D eigenvalue weighted by Gasteiger charge is 2.30. The van der Waals surface area contributed by atoms with Crippen LogP contribution in [0.25, 0.3) is 0 Å². The number of carbonyl (C=O) groups is 1. The number of rotatable bonds is 4. The standard InChI is InChI=1S/C10H12N2O6/c13-10(14)8-6-17-4-3-11(8)5-7-1-2-9(18-7)12(15)16/h1-2,8H,3-6H2,(H,13,14). The highest BCUT2D eigenvalue weighted by Crippen LogP contribution is 2.19. The third kappa shape index (κ3) is 2.66. The summed E-state index contributed by atoms with van der Waals surface area (Å²) < 4.78 is 10.1. The van der Waals surface area contributed by atoms with E-state index in [4.69, 9.17) is 14.3 Å². The minimum Gasteiger partial charge on any atom is -0.480 e. The lowest BCUT2D eigenvalue weighted by Gasteiger charge is -2.31. The molecular formula is C10H12N2O6. The third-order valence-corrected chi connectivity index (χ3v) is 2.71. The number of morpholine rings is 1. The first-order chi connectivity index (χ1) is 8.58. The summed E-state index contributed by atoms with van der Waals surface area (Å²) in [6.45, 7) is 1.21. The van der Waals surface area contributed by atoms with E-state index in [0.717, 1.165) is 0 Å². The molecule has 0 radical (unpaired) electrons.